The van der Waals surface area contributed by atoms with E-state index < -0.39 is 0 Å². The number of anilines is 1. The van der Waals surface area contributed by atoms with Crippen LogP contribution < -0.4 is 10.1 Å². The number of aryl methyl sites for hydroxylation is 3. The first-order chi connectivity index (χ1) is 12.7. The van der Waals surface area contributed by atoms with Crippen LogP contribution in [0, 0.1) is 6.92 Å². The van der Waals surface area contributed by atoms with Crippen molar-refractivity contribution in [3.63, 3.8) is 0 Å². The van der Waals surface area contributed by atoms with Crippen LogP contribution in [0.5, 0.6) is 5.75 Å². The number of amides is 1. The van der Waals surface area contributed by atoms with Crippen molar-refractivity contribution in [3.05, 3.63) is 53.2 Å². The van der Waals surface area contributed by atoms with Crippen LogP contribution in [0.4, 0.5) is 5.69 Å². The average molecular weight is 350 g/mol. The van der Waals surface area contributed by atoms with Crippen molar-refractivity contribution in [1.82, 2.24) is 15.0 Å². The Labute approximate surface area is 152 Å². The highest BCUT2D eigenvalue weighted by molar-refractivity contribution is 6.09. The van der Waals surface area contributed by atoms with Gasteiger partial charge in [-0.3, -0.25) is 4.79 Å². The Balaban J connectivity index is 1.63. The Kier molecular flexibility index (Phi) is 4.24. The molecule has 4 rings (SSSR count). The molecule has 0 saturated carbocycles. The zero-order valence-corrected chi connectivity index (χ0v) is 15.0. The van der Waals surface area contributed by atoms with Gasteiger partial charge in [0.25, 0.3) is 5.91 Å². The number of nitrogens with zero attached hydrogens (tertiary/aromatic N) is 1. The van der Waals surface area contributed by atoms with Crippen LogP contribution in [0.2, 0.25) is 0 Å². The average Bonchev–Trinajstić information content (AvgIpc) is 3.16. The zero-order chi connectivity index (χ0) is 18.1. The van der Waals surface area contributed by atoms with E-state index in [4.69, 9.17) is 4.74 Å². The van der Waals surface area contributed by atoms with Crippen molar-refractivity contribution in [1.29, 1.82) is 0 Å². The normalized spacial score (nSPS) is 12.8. The largest absolute Gasteiger partial charge is 0.494 e. The van der Waals surface area contributed by atoms with Crippen LogP contribution in [-0.2, 0) is 12.8 Å². The lowest BCUT2D eigenvalue weighted by molar-refractivity contribution is 0.102. The molecular weight excluding hydrogens is 328 g/mol. The Morgan fingerprint density at radius 1 is 1.23 bits per heavy atom. The van der Waals surface area contributed by atoms with Crippen LogP contribution >= 0.6 is 0 Å². The molecule has 2 heterocycles. The van der Waals surface area contributed by atoms with E-state index in [-0.39, 0.29) is 5.91 Å². The first-order valence-electron chi connectivity index (χ1n) is 8.96. The van der Waals surface area contributed by atoms with Crippen molar-refractivity contribution in [3.8, 4) is 17.0 Å². The Bertz CT molecular complexity index is 937. The molecule has 1 aliphatic carbocycles. The lowest BCUT2D eigenvalue weighted by Gasteiger charge is -2.08. The van der Waals surface area contributed by atoms with Gasteiger partial charge in [-0.15, -0.1) is 0 Å². The monoisotopic (exact) mass is 350 g/mol. The summed E-state index contributed by atoms with van der Waals surface area (Å²) >= 11 is 0. The summed E-state index contributed by atoms with van der Waals surface area (Å²) in [5.41, 5.74) is 5.37. The van der Waals surface area contributed by atoms with Gasteiger partial charge in [0.2, 0.25) is 0 Å². The molecule has 6 heteroatoms. The minimum absolute atomic E-state index is 0.139. The van der Waals surface area contributed by atoms with Crippen molar-refractivity contribution in [2.45, 2.75) is 33.1 Å². The van der Waals surface area contributed by atoms with Crippen molar-refractivity contribution in [2.75, 3.05) is 11.9 Å². The third kappa shape index (κ3) is 2.98. The van der Waals surface area contributed by atoms with Crippen molar-refractivity contribution in [2.24, 2.45) is 0 Å². The number of hydrogen-bond donors (Lipinski definition) is 3. The van der Waals surface area contributed by atoms with E-state index >= 15 is 0 Å². The highest BCUT2D eigenvalue weighted by Gasteiger charge is 2.25. The molecule has 1 aromatic carbocycles. The number of rotatable bonds is 4. The van der Waals surface area contributed by atoms with Crippen LogP contribution in [0.25, 0.3) is 11.3 Å². The molecule has 3 N–H and O–H groups in total. The molecule has 0 atom stereocenters. The molecule has 0 radical (unpaired) electrons. The quantitative estimate of drug-likeness (QED) is 0.668. The van der Waals surface area contributed by atoms with Crippen LogP contribution in [0.3, 0.4) is 0 Å². The van der Waals surface area contributed by atoms with Crippen LogP contribution in [-0.4, -0.2) is 27.5 Å². The Morgan fingerprint density at radius 2 is 2.00 bits per heavy atom. The van der Waals surface area contributed by atoms with E-state index in [0.29, 0.717) is 12.2 Å². The predicted molar refractivity (Wildman–Crippen MR) is 101 cm³/mol. The van der Waals surface area contributed by atoms with E-state index in [1.54, 1.807) is 6.20 Å². The molecule has 0 aliphatic heterocycles. The SMILES string of the molecule is CCOc1ccc(NC(=O)c2c[nH]c3c2-c2nc(C)[nH]c2CCC3)cc1. The fourth-order valence-electron chi connectivity index (χ4n) is 3.48. The van der Waals surface area contributed by atoms with E-state index in [1.807, 2.05) is 38.1 Å². The molecule has 26 heavy (non-hydrogen) atoms. The lowest BCUT2D eigenvalue weighted by Crippen LogP contribution is -2.12. The molecule has 134 valence electrons. The summed E-state index contributed by atoms with van der Waals surface area (Å²) in [4.78, 5) is 24.1. The number of nitrogens with one attached hydrogen (secondary N) is 3. The third-order valence-corrected chi connectivity index (χ3v) is 4.62. The lowest BCUT2D eigenvalue weighted by atomic mass is 10.1. The number of fused-ring (bicyclic) bond motifs is 3. The topological polar surface area (TPSA) is 82.8 Å². The van der Waals surface area contributed by atoms with Crippen LogP contribution in [0.15, 0.2) is 30.5 Å². The summed E-state index contributed by atoms with van der Waals surface area (Å²) in [7, 11) is 0. The smallest absolute Gasteiger partial charge is 0.257 e. The van der Waals surface area contributed by atoms with Crippen molar-refractivity contribution < 1.29 is 9.53 Å². The second-order valence-corrected chi connectivity index (χ2v) is 6.47. The molecule has 6 nitrogen and oxygen atoms in total. The molecule has 3 aromatic rings. The van der Waals surface area contributed by atoms with Gasteiger partial charge >= 0.3 is 0 Å². The second kappa shape index (κ2) is 6.71. The summed E-state index contributed by atoms with van der Waals surface area (Å²) in [6.45, 7) is 4.51. The number of hydrogen-bond acceptors (Lipinski definition) is 3. The number of carbonyl (C=O) groups is 1. The standard InChI is InChI=1S/C20H22N4O2/c1-3-26-14-9-7-13(8-10-14)24-20(25)15-11-21-16-5-4-6-17-19(18(15)16)23-12(2)22-17/h7-11,21H,3-6H2,1-2H3,(H,22,23)(H,24,25). The van der Waals surface area contributed by atoms with Crippen LogP contribution in [0.1, 0.15) is 40.9 Å². The van der Waals surface area contributed by atoms with Gasteiger partial charge in [0, 0.05) is 28.8 Å². The van der Waals surface area contributed by atoms with Gasteiger partial charge in [-0.2, -0.15) is 0 Å². The number of aromatic nitrogens is 3. The minimum atomic E-state index is -0.139. The van der Waals surface area contributed by atoms with Crippen molar-refractivity contribution >= 4 is 11.6 Å². The number of aromatic amines is 2. The van der Waals surface area contributed by atoms with Gasteiger partial charge < -0.3 is 20.0 Å². The number of benzene rings is 1. The molecule has 0 bridgehead atoms. The molecule has 1 amide bonds. The van der Waals surface area contributed by atoms with E-state index in [0.717, 1.165) is 59.2 Å². The maximum absolute atomic E-state index is 12.9. The fraction of sp³-hybridized carbons (Fsp3) is 0.300. The summed E-state index contributed by atoms with van der Waals surface area (Å²) in [6, 6.07) is 7.40. The summed E-state index contributed by atoms with van der Waals surface area (Å²) < 4.78 is 5.44. The van der Waals surface area contributed by atoms with E-state index in [2.05, 4.69) is 20.3 Å². The molecule has 0 fully saturated rings. The highest BCUT2D eigenvalue weighted by atomic mass is 16.5. The number of imidazole rings is 1. The Morgan fingerprint density at radius 3 is 2.77 bits per heavy atom. The summed E-state index contributed by atoms with van der Waals surface area (Å²) in [5.74, 6) is 1.53. The molecule has 1 aliphatic rings. The fourth-order valence-corrected chi connectivity index (χ4v) is 3.48. The minimum Gasteiger partial charge on any atom is -0.494 e. The first-order valence-corrected chi connectivity index (χ1v) is 8.96. The van der Waals surface area contributed by atoms with Gasteiger partial charge in [-0.1, -0.05) is 0 Å². The van der Waals surface area contributed by atoms with E-state index in [1.165, 1.54) is 0 Å². The number of ether oxygens (including phenoxy) is 1. The second-order valence-electron chi connectivity index (χ2n) is 6.47. The number of carbonyl (C=O) groups excluding carboxylic acids is 1. The third-order valence-electron chi connectivity index (χ3n) is 4.62. The predicted octanol–water partition coefficient (Wildman–Crippen LogP) is 3.85. The van der Waals surface area contributed by atoms with Gasteiger partial charge in [-0.05, 0) is 57.4 Å². The summed E-state index contributed by atoms with van der Waals surface area (Å²) in [5, 5.41) is 2.97. The Hall–Kier alpha value is -3.02. The van der Waals surface area contributed by atoms with Gasteiger partial charge in [0.15, 0.2) is 0 Å². The first kappa shape index (κ1) is 16.4. The summed E-state index contributed by atoms with van der Waals surface area (Å²) in [6.07, 6.45) is 4.67. The molecular formula is C20H22N4O2. The molecule has 0 spiro atoms. The van der Waals surface area contributed by atoms with E-state index in [9.17, 15) is 4.79 Å². The molecule has 0 saturated heterocycles. The van der Waals surface area contributed by atoms with Gasteiger partial charge in [0.1, 0.15) is 11.6 Å². The molecule has 2 aromatic heterocycles. The number of H-pyrrole nitrogens is 2. The van der Waals surface area contributed by atoms with Gasteiger partial charge in [-0.25, -0.2) is 4.98 Å². The highest BCUT2D eigenvalue weighted by Crippen LogP contribution is 2.34. The maximum atomic E-state index is 12.9. The maximum Gasteiger partial charge on any atom is 0.257 e. The molecule has 0 unspecified atom stereocenters. The van der Waals surface area contributed by atoms with Gasteiger partial charge in [0.05, 0.1) is 17.9 Å². The zero-order valence-electron chi connectivity index (χ0n) is 15.0.